The Balaban J connectivity index is 2.22. The number of benzene rings is 2. The van der Waals surface area contributed by atoms with Crippen molar-refractivity contribution < 1.29 is 9.61 Å². The summed E-state index contributed by atoms with van der Waals surface area (Å²) in [5.41, 5.74) is 5.93. The molecule has 0 atom stereocenters. The van der Waals surface area contributed by atoms with Gasteiger partial charge in [-0.2, -0.15) is 5.84 Å². The number of aromatic nitrogens is 1. The maximum atomic E-state index is 11.2. The van der Waals surface area contributed by atoms with Gasteiger partial charge in [-0.1, -0.05) is 12.1 Å². The smallest absolute Gasteiger partial charge is 0.292 e. The monoisotopic (exact) mass is 285 g/mol. The number of hydrogen-bond acceptors (Lipinski definition) is 4. The molecule has 0 amide bonds. The molecule has 0 aliphatic carbocycles. The van der Waals surface area contributed by atoms with Crippen LogP contribution < -0.4 is 10.6 Å². The number of fused-ring (bicyclic) bond motifs is 1. The lowest BCUT2D eigenvalue weighted by Gasteiger charge is -2.06. The van der Waals surface area contributed by atoms with E-state index in [9.17, 15) is 4.91 Å². The minimum absolute atomic E-state index is 0.350. The molecular formula is C14H11N3O2S+. The highest BCUT2D eigenvalue weighted by molar-refractivity contribution is 7.17. The molecule has 99 valence electrons. The van der Waals surface area contributed by atoms with E-state index in [1.54, 1.807) is 25.3 Å². The average molecular weight is 285 g/mol. The molecule has 0 aliphatic heterocycles. The van der Waals surface area contributed by atoms with Crippen LogP contribution >= 0.6 is 11.3 Å². The van der Waals surface area contributed by atoms with Gasteiger partial charge in [0.2, 0.25) is 0 Å². The summed E-state index contributed by atoms with van der Waals surface area (Å²) < 4.78 is 6.25. The van der Waals surface area contributed by atoms with E-state index < -0.39 is 0 Å². The number of rotatable bonds is 3. The van der Waals surface area contributed by atoms with E-state index in [1.165, 1.54) is 11.3 Å². The number of ether oxygens (including phenoxy) is 1. The zero-order valence-corrected chi connectivity index (χ0v) is 11.5. The lowest BCUT2D eigenvalue weighted by atomic mass is 10.0. The lowest BCUT2D eigenvalue weighted by Crippen LogP contribution is -2.08. The Morgan fingerprint density at radius 1 is 1.35 bits per heavy atom. The summed E-state index contributed by atoms with van der Waals surface area (Å²) in [6.07, 6.45) is 0. The minimum atomic E-state index is 0.350. The number of nitroso groups, excluding NO2 is 1. The largest absolute Gasteiger partial charge is 0.494 e. The summed E-state index contributed by atoms with van der Waals surface area (Å²) in [6.45, 7) is 0. The SMILES string of the molecule is COc1ccc(-c2cccc([N+](N)=O)c2)c2s[c]nc12. The van der Waals surface area contributed by atoms with Crippen molar-refractivity contribution in [3.05, 3.63) is 46.8 Å². The molecule has 5 nitrogen and oxygen atoms in total. The molecule has 0 fully saturated rings. The Kier molecular flexibility index (Phi) is 3.08. The van der Waals surface area contributed by atoms with Crippen LogP contribution in [0.5, 0.6) is 5.75 Å². The molecule has 0 aliphatic rings. The number of hydrogen-bond donors (Lipinski definition) is 1. The predicted molar refractivity (Wildman–Crippen MR) is 77.9 cm³/mol. The zero-order valence-electron chi connectivity index (χ0n) is 10.7. The molecule has 3 rings (SSSR count). The zero-order chi connectivity index (χ0) is 14.1. The van der Waals surface area contributed by atoms with Crippen LogP contribution in [-0.4, -0.2) is 17.0 Å². The highest BCUT2D eigenvalue weighted by Gasteiger charge is 2.14. The van der Waals surface area contributed by atoms with Crippen LogP contribution in [0.25, 0.3) is 21.3 Å². The number of methoxy groups -OCH3 is 1. The van der Waals surface area contributed by atoms with E-state index >= 15 is 0 Å². The van der Waals surface area contributed by atoms with Gasteiger partial charge in [-0.15, -0.1) is 11.3 Å². The second-order valence-electron chi connectivity index (χ2n) is 4.17. The summed E-state index contributed by atoms with van der Waals surface area (Å²) in [4.78, 5) is 15.8. The minimum Gasteiger partial charge on any atom is -0.494 e. The van der Waals surface area contributed by atoms with Crippen molar-refractivity contribution >= 4 is 27.2 Å². The Bertz CT molecular complexity index is 798. The first kappa shape index (κ1) is 12.6. The molecule has 3 aromatic rings. The first-order valence-electron chi connectivity index (χ1n) is 5.86. The Hall–Kier alpha value is -2.47. The van der Waals surface area contributed by atoms with Crippen molar-refractivity contribution in [2.45, 2.75) is 0 Å². The molecular weight excluding hydrogens is 274 g/mol. The van der Waals surface area contributed by atoms with E-state index in [0.717, 1.165) is 21.3 Å². The molecule has 6 heteroatoms. The molecule has 20 heavy (non-hydrogen) atoms. The van der Waals surface area contributed by atoms with Gasteiger partial charge in [0.25, 0.3) is 5.69 Å². The molecule has 1 heterocycles. The van der Waals surface area contributed by atoms with Crippen LogP contribution in [0.3, 0.4) is 0 Å². The van der Waals surface area contributed by atoms with Gasteiger partial charge in [-0.05, 0) is 17.7 Å². The fourth-order valence-corrected chi connectivity index (χ4v) is 2.85. The fraction of sp³-hybridized carbons (Fsp3) is 0.0714. The maximum Gasteiger partial charge on any atom is 0.292 e. The van der Waals surface area contributed by atoms with E-state index in [4.69, 9.17) is 10.6 Å². The van der Waals surface area contributed by atoms with Crippen molar-refractivity contribution in [3.8, 4) is 16.9 Å². The highest BCUT2D eigenvalue weighted by atomic mass is 32.1. The van der Waals surface area contributed by atoms with Gasteiger partial charge < -0.3 is 4.74 Å². The molecule has 2 aromatic carbocycles. The van der Waals surface area contributed by atoms with Crippen LogP contribution in [0.1, 0.15) is 0 Å². The Morgan fingerprint density at radius 3 is 2.95 bits per heavy atom. The molecule has 1 aromatic heterocycles. The first-order valence-corrected chi connectivity index (χ1v) is 6.68. The summed E-state index contributed by atoms with van der Waals surface area (Å²) in [5.74, 6) is 5.95. The quantitative estimate of drug-likeness (QED) is 0.456. The second-order valence-corrected chi connectivity index (χ2v) is 4.97. The van der Waals surface area contributed by atoms with Crippen molar-refractivity contribution in [2.75, 3.05) is 7.11 Å². The third kappa shape index (κ3) is 2.00. The Morgan fingerprint density at radius 2 is 2.20 bits per heavy atom. The molecule has 2 N–H and O–H groups in total. The van der Waals surface area contributed by atoms with Gasteiger partial charge in [-0.3, -0.25) is 0 Å². The first-order chi connectivity index (χ1) is 9.70. The fourth-order valence-electron chi connectivity index (χ4n) is 2.08. The van der Waals surface area contributed by atoms with Crippen molar-refractivity contribution in [1.29, 1.82) is 0 Å². The van der Waals surface area contributed by atoms with Gasteiger partial charge in [-0.25, -0.2) is 4.98 Å². The van der Waals surface area contributed by atoms with E-state index in [0.29, 0.717) is 16.3 Å². The molecule has 1 radical (unpaired) electrons. The molecule has 0 spiro atoms. The predicted octanol–water partition coefficient (Wildman–Crippen LogP) is 3.06. The lowest BCUT2D eigenvalue weighted by molar-refractivity contribution is -0.474. The van der Waals surface area contributed by atoms with Crippen LogP contribution in [0.15, 0.2) is 36.4 Å². The van der Waals surface area contributed by atoms with Gasteiger partial charge in [0.05, 0.1) is 16.7 Å². The topological polar surface area (TPSA) is 68.2 Å². The normalized spacial score (nSPS) is 10.7. The summed E-state index contributed by atoms with van der Waals surface area (Å²) >= 11 is 1.41. The van der Waals surface area contributed by atoms with Crippen LogP contribution in [0, 0.1) is 10.4 Å². The van der Waals surface area contributed by atoms with Gasteiger partial charge in [0, 0.05) is 17.7 Å². The second kappa shape index (κ2) is 4.90. The number of thiazole rings is 1. The summed E-state index contributed by atoms with van der Waals surface area (Å²) in [5, 5.41) is 0. The third-order valence-electron chi connectivity index (χ3n) is 3.03. The van der Waals surface area contributed by atoms with Gasteiger partial charge in [0.15, 0.2) is 10.4 Å². The van der Waals surface area contributed by atoms with Crippen LogP contribution in [-0.2, 0) is 0 Å². The third-order valence-corrected chi connectivity index (χ3v) is 3.83. The average Bonchev–Trinajstić information content (AvgIpc) is 2.95. The molecule has 0 saturated heterocycles. The summed E-state index contributed by atoms with van der Waals surface area (Å²) in [7, 11) is 1.61. The highest BCUT2D eigenvalue weighted by Crippen LogP contribution is 2.36. The van der Waals surface area contributed by atoms with E-state index in [1.807, 2.05) is 18.2 Å². The Labute approximate surface area is 119 Å². The number of nitrogens with zero attached hydrogens (tertiary/aromatic N) is 2. The molecule has 0 unspecified atom stereocenters. The summed E-state index contributed by atoms with van der Waals surface area (Å²) in [6, 6.07) is 10.9. The van der Waals surface area contributed by atoms with E-state index in [-0.39, 0.29) is 0 Å². The number of hydrazine groups is 1. The maximum absolute atomic E-state index is 11.2. The van der Waals surface area contributed by atoms with Crippen LogP contribution in [0.2, 0.25) is 0 Å². The molecule has 0 saturated carbocycles. The standard InChI is InChI=1S/C14H11N3O2S/c1-19-12-6-5-11(14-13(12)16-8-20-14)9-3-2-4-10(7-9)17(15)18/h2-7H,1H3,(H2,15,18)/q+1. The van der Waals surface area contributed by atoms with E-state index in [2.05, 4.69) is 10.5 Å². The van der Waals surface area contributed by atoms with Crippen molar-refractivity contribution in [3.63, 3.8) is 0 Å². The van der Waals surface area contributed by atoms with Gasteiger partial charge in [0.1, 0.15) is 11.3 Å². The van der Waals surface area contributed by atoms with Gasteiger partial charge >= 0.3 is 0 Å². The van der Waals surface area contributed by atoms with Crippen molar-refractivity contribution in [1.82, 2.24) is 4.98 Å². The van der Waals surface area contributed by atoms with Crippen LogP contribution in [0.4, 0.5) is 5.69 Å². The number of nitrogens with two attached hydrogens (primary N) is 1. The van der Waals surface area contributed by atoms with Crippen molar-refractivity contribution in [2.24, 2.45) is 5.84 Å². The molecule has 0 bridgehead atoms.